The molecule has 1 aliphatic rings. The van der Waals surface area contributed by atoms with E-state index < -0.39 is 0 Å². The molecule has 20 heavy (non-hydrogen) atoms. The molecule has 114 valence electrons. The first-order valence-electron chi connectivity index (χ1n) is 8.14. The Morgan fingerprint density at radius 3 is 2.85 bits per heavy atom. The zero-order valence-electron chi connectivity index (χ0n) is 13.0. The van der Waals surface area contributed by atoms with Gasteiger partial charge in [-0.05, 0) is 68.6 Å². The molecule has 4 heteroatoms. The van der Waals surface area contributed by atoms with E-state index in [0.29, 0.717) is 6.04 Å². The molecule has 1 aliphatic heterocycles. The smallest absolute Gasteiger partial charge is 0.0522 e. The van der Waals surface area contributed by atoms with Gasteiger partial charge in [-0.1, -0.05) is 6.92 Å². The van der Waals surface area contributed by atoms with Crippen molar-refractivity contribution in [3.63, 3.8) is 0 Å². The molecule has 0 bridgehead atoms. The lowest BCUT2D eigenvalue weighted by Gasteiger charge is -2.27. The van der Waals surface area contributed by atoms with Gasteiger partial charge in [0.15, 0.2) is 0 Å². The quantitative estimate of drug-likeness (QED) is 0.797. The van der Waals surface area contributed by atoms with E-state index >= 15 is 0 Å². The lowest BCUT2D eigenvalue weighted by atomic mass is 9.91. The van der Waals surface area contributed by atoms with E-state index in [1.54, 1.807) is 0 Å². The molecule has 3 nitrogen and oxygen atoms in total. The Morgan fingerprint density at radius 2 is 2.20 bits per heavy atom. The second-order valence-electron chi connectivity index (χ2n) is 5.85. The van der Waals surface area contributed by atoms with Crippen LogP contribution < -0.4 is 5.32 Å². The van der Waals surface area contributed by atoms with Crippen LogP contribution in [0.15, 0.2) is 12.4 Å². The number of hydrogen-bond acceptors (Lipinski definition) is 3. The molecule has 1 N–H and O–H groups in total. The van der Waals surface area contributed by atoms with E-state index in [0.717, 1.165) is 25.4 Å². The van der Waals surface area contributed by atoms with Crippen LogP contribution in [0.1, 0.15) is 45.1 Å². The zero-order valence-corrected chi connectivity index (χ0v) is 13.8. The minimum absolute atomic E-state index is 0.623. The van der Waals surface area contributed by atoms with Crippen molar-refractivity contribution >= 4 is 11.8 Å². The summed E-state index contributed by atoms with van der Waals surface area (Å²) >= 11 is 2.12. The molecule has 1 atom stereocenters. The van der Waals surface area contributed by atoms with Gasteiger partial charge >= 0.3 is 0 Å². The Labute approximate surface area is 127 Å². The lowest BCUT2D eigenvalue weighted by molar-refractivity contribution is 0.362. The summed E-state index contributed by atoms with van der Waals surface area (Å²) in [6, 6.07) is 0.623. The van der Waals surface area contributed by atoms with E-state index in [2.05, 4.69) is 42.2 Å². The summed E-state index contributed by atoms with van der Waals surface area (Å²) in [6.45, 7) is 6.49. The molecule has 1 fully saturated rings. The average Bonchev–Trinajstić information content (AvgIpc) is 2.93. The maximum absolute atomic E-state index is 4.40. The highest BCUT2D eigenvalue weighted by Gasteiger charge is 2.19. The van der Waals surface area contributed by atoms with Crippen LogP contribution in [0.5, 0.6) is 0 Å². The van der Waals surface area contributed by atoms with Gasteiger partial charge in [-0.25, -0.2) is 0 Å². The second-order valence-corrected chi connectivity index (χ2v) is 7.08. The standard InChI is InChI=1S/C16H29N3S/c1-3-7-17-16(10-14-5-8-20-9-6-14)11-15-12-18-19(4-2)13-15/h12-14,16-17H,3-11H2,1-2H3. The molecule has 0 aromatic carbocycles. The van der Waals surface area contributed by atoms with Crippen molar-refractivity contribution < 1.29 is 0 Å². The Kier molecular flexibility index (Phi) is 6.94. The summed E-state index contributed by atoms with van der Waals surface area (Å²) in [6.07, 6.45) is 10.7. The molecule has 1 saturated heterocycles. The van der Waals surface area contributed by atoms with E-state index in [1.807, 2.05) is 10.9 Å². The van der Waals surface area contributed by atoms with Crippen LogP contribution in [0.3, 0.4) is 0 Å². The van der Waals surface area contributed by atoms with Gasteiger partial charge in [-0.15, -0.1) is 0 Å². The molecule has 1 aromatic rings. The van der Waals surface area contributed by atoms with Crippen LogP contribution in [-0.4, -0.2) is 33.9 Å². The van der Waals surface area contributed by atoms with Crippen molar-refractivity contribution in [1.82, 2.24) is 15.1 Å². The Hall–Kier alpha value is -0.480. The number of hydrogen-bond donors (Lipinski definition) is 1. The van der Waals surface area contributed by atoms with Gasteiger partial charge in [0, 0.05) is 18.8 Å². The van der Waals surface area contributed by atoms with Gasteiger partial charge < -0.3 is 5.32 Å². The molecule has 2 heterocycles. The monoisotopic (exact) mass is 295 g/mol. The Morgan fingerprint density at radius 1 is 1.40 bits per heavy atom. The van der Waals surface area contributed by atoms with E-state index in [-0.39, 0.29) is 0 Å². The summed E-state index contributed by atoms with van der Waals surface area (Å²) in [5.74, 6) is 3.64. The lowest BCUT2D eigenvalue weighted by Crippen LogP contribution is -2.34. The highest BCUT2D eigenvalue weighted by atomic mass is 32.2. The van der Waals surface area contributed by atoms with Gasteiger partial charge in [-0.3, -0.25) is 4.68 Å². The minimum atomic E-state index is 0.623. The highest BCUT2D eigenvalue weighted by molar-refractivity contribution is 7.99. The van der Waals surface area contributed by atoms with Crippen molar-refractivity contribution in [3.05, 3.63) is 18.0 Å². The number of thioether (sulfide) groups is 1. The predicted molar refractivity (Wildman–Crippen MR) is 88.4 cm³/mol. The third-order valence-electron chi connectivity index (χ3n) is 4.13. The molecular formula is C16H29N3S. The number of aromatic nitrogens is 2. The van der Waals surface area contributed by atoms with Gasteiger partial charge in [0.25, 0.3) is 0 Å². The fraction of sp³-hybridized carbons (Fsp3) is 0.812. The summed E-state index contributed by atoms with van der Waals surface area (Å²) in [5.41, 5.74) is 1.38. The third kappa shape index (κ3) is 5.13. The van der Waals surface area contributed by atoms with E-state index in [4.69, 9.17) is 0 Å². The summed E-state index contributed by atoms with van der Waals surface area (Å²) in [4.78, 5) is 0. The molecule has 0 saturated carbocycles. The summed E-state index contributed by atoms with van der Waals surface area (Å²) < 4.78 is 2.03. The maximum atomic E-state index is 4.40. The first-order valence-corrected chi connectivity index (χ1v) is 9.29. The molecular weight excluding hydrogens is 266 g/mol. The highest BCUT2D eigenvalue weighted by Crippen LogP contribution is 2.27. The number of nitrogens with zero attached hydrogens (tertiary/aromatic N) is 2. The first kappa shape index (κ1) is 15.9. The van der Waals surface area contributed by atoms with Crippen LogP contribution in [0, 0.1) is 5.92 Å². The van der Waals surface area contributed by atoms with Crippen LogP contribution in [0.2, 0.25) is 0 Å². The van der Waals surface area contributed by atoms with Crippen molar-refractivity contribution in [2.75, 3.05) is 18.1 Å². The van der Waals surface area contributed by atoms with Gasteiger partial charge in [0.05, 0.1) is 6.20 Å². The molecule has 0 amide bonds. The molecule has 1 unspecified atom stereocenters. The third-order valence-corrected chi connectivity index (χ3v) is 5.18. The van der Waals surface area contributed by atoms with Crippen LogP contribution in [0.25, 0.3) is 0 Å². The molecule has 0 aliphatic carbocycles. The van der Waals surface area contributed by atoms with Gasteiger partial charge in [0.1, 0.15) is 0 Å². The largest absolute Gasteiger partial charge is 0.314 e. The van der Waals surface area contributed by atoms with E-state index in [9.17, 15) is 0 Å². The van der Waals surface area contributed by atoms with Gasteiger partial charge in [0.2, 0.25) is 0 Å². The zero-order chi connectivity index (χ0) is 14.2. The topological polar surface area (TPSA) is 29.9 Å². The van der Waals surface area contributed by atoms with Crippen molar-refractivity contribution in [2.24, 2.45) is 5.92 Å². The maximum Gasteiger partial charge on any atom is 0.0522 e. The Balaban J connectivity index is 1.87. The fourth-order valence-electron chi connectivity index (χ4n) is 2.94. The van der Waals surface area contributed by atoms with Crippen LogP contribution in [-0.2, 0) is 13.0 Å². The minimum Gasteiger partial charge on any atom is -0.314 e. The summed E-state index contributed by atoms with van der Waals surface area (Å²) in [5, 5.41) is 8.15. The van der Waals surface area contributed by atoms with Gasteiger partial charge in [-0.2, -0.15) is 16.9 Å². The number of rotatable bonds is 8. The van der Waals surface area contributed by atoms with Crippen LogP contribution in [0.4, 0.5) is 0 Å². The normalized spacial score (nSPS) is 18.3. The van der Waals surface area contributed by atoms with Crippen LogP contribution >= 0.6 is 11.8 Å². The van der Waals surface area contributed by atoms with Crippen molar-refractivity contribution in [3.8, 4) is 0 Å². The molecule has 0 radical (unpaired) electrons. The van der Waals surface area contributed by atoms with Crippen molar-refractivity contribution in [1.29, 1.82) is 0 Å². The molecule has 2 rings (SSSR count). The van der Waals surface area contributed by atoms with E-state index in [1.165, 1.54) is 42.8 Å². The van der Waals surface area contributed by atoms with Crippen molar-refractivity contribution in [2.45, 2.75) is 58.5 Å². The second kappa shape index (κ2) is 8.73. The predicted octanol–water partition coefficient (Wildman–Crippen LogP) is 3.35. The first-order chi connectivity index (χ1) is 9.81. The fourth-order valence-corrected chi connectivity index (χ4v) is 4.15. The Bertz CT molecular complexity index is 372. The SMILES string of the molecule is CCCNC(Cc1cnn(CC)c1)CC1CCSCC1. The number of nitrogens with one attached hydrogen (secondary N) is 1. The number of aryl methyl sites for hydroxylation is 1. The molecule has 1 aromatic heterocycles. The summed E-state index contributed by atoms with van der Waals surface area (Å²) in [7, 11) is 0. The molecule has 0 spiro atoms. The average molecular weight is 295 g/mol.